The van der Waals surface area contributed by atoms with Crippen LogP contribution in [0.4, 0.5) is 5.69 Å². The molecule has 1 aromatic carbocycles. The van der Waals surface area contributed by atoms with Gasteiger partial charge in [0.05, 0.1) is 10.9 Å². The molecule has 0 fully saturated rings. The molecular formula is C12H15N3O2S2. The Morgan fingerprint density at radius 2 is 2.16 bits per heavy atom. The summed E-state index contributed by atoms with van der Waals surface area (Å²) in [5, 5.41) is 2.55. The van der Waals surface area contributed by atoms with E-state index in [-0.39, 0.29) is 10.9 Å². The fraction of sp³-hybridized carbons (Fsp3) is 0.250. The Kier molecular flexibility index (Phi) is 3.88. The van der Waals surface area contributed by atoms with Crippen LogP contribution < -0.4 is 10.5 Å². The van der Waals surface area contributed by atoms with Crippen LogP contribution in [-0.2, 0) is 10.0 Å². The van der Waals surface area contributed by atoms with E-state index < -0.39 is 10.0 Å². The number of benzene rings is 1. The maximum atomic E-state index is 12.2. The number of nitrogen functional groups attached to an aromatic ring is 1. The number of hydrogen-bond donors (Lipinski definition) is 2. The number of nitrogens with two attached hydrogens (primary N) is 1. The zero-order chi connectivity index (χ0) is 14.0. The van der Waals surface area contributed by atoms with Crippen molar-refractivity contribution in [2.75, 3.05) is 5.73 Å². The third-order valence-electron chi connectivity index (χ3n) is 2.71. The molecule has 1 unspecified atom stereocenters. The smallest absolute Gasteiger partial charge is 0.241 e. The van der Waals surface area contributed by atoms with E-state index in [0.717, 1.165) is 10.6 Å². The molecule has 0 saturated heterocycles. The molecule has 102 valence electrons. The number of aromatic nitrogens is 1. The van der Waals surface area contributed by atoms with Gasteiger partial charge < -0.3 is 5.73 Å². The molecule has 2 rings (SSSR count). The highest BCUT2D eigenvalue weighted by Gasteiger charge is 2.20. The van der Waals surface area contributed by atoms with Gasteiger partial charge in [0.1, 0.15) is 5.01 Å². The van der Waals surface area contributed by atoms with Crippen molar-refractivity contribution in [3.05, 3.63) is 40.3 Å². The van der Waals surface area contributed by atoms with Gasteiger partial charge >= 0.3 is 0 Å². The molecule has 0 radical (unpaired) electrons. The molecule has 2 aromatic rings. The number of sulfonamides is 1. The first-order chi connectivity index (χ1) is 8.90. The third-order valence-corrected chi connectivity index (χ3v) is 5.20. The number of nitrogens with one attached hydrogen (secondary N) is 1. The molecular weight excluding hydrogens is 282 g/mol. The second-order valence-electron chi connectivity index (χ2n) is 4.23. The van der Waals surface area contributed by atoms with Crippen LogP contribution in [0.2, 0.25) is 0 Å². The van der Waals surface area contributed by atoms with Gasteiger partial charge in [-0.05, 0) is 37.6 Å². The fourth-order valence-corrected chi connectivity index (χ4v) is 3.63. The lowest BCUT2D eigenvalue weighted by Crippen LogP contribution is -2.26. The van der Waals surface area contributed by atoms with Crippen LogP contribution in [0.1, 0.15) is 23.5 Å². The van der Waals surface area contributed by atoms with E-state index in [2.05, 4.69) is 9.71 Å². The molecule has 0 aliphatic carbocycles. The monoisotopic (exact) mass is 297 g/mol. The summed E-state index contributed by atoms with van der Waals surface area (Å²) in [7, 11) is -3.56. The molecule has 0 spiro atoms. The molecule has 1 heterocycles. The van der Waals surface area contributed by atoms with Crippen molar-refractivity contribution in [2.45, 2.75) is 24.8 Å². The maximum Gasteiger partial charge on any atom is 0.241 e. The van der Waals surface area contributed by atoms with Crippen LogP contribution in [0, 0.1) is 6.92 Å². The summed E-state index contributed by atoms with van der Waals surface area (Å²) < 4.78 is 27.1. The highest BCUT2D eigenvalue weighted by molar-refractivity contribution is 7.89. The van der Waals surface area contributed by atoms with E-state index in [1.54, 1.807) is 32.2 Å². The van der Waals surface area contributed by atoms with Gasteiger partial charge in [-0.3, -0.25) is 0 Å². The lowest BCUT2D eigenvalue weighted by atomic mass is 10.2. The Morgan fingerprint density at radius 1 is 1.42 bits per heavy atom. The summed E-state index contributed by atoms with van der Waals surface area (Å²) in [5.74, 6) is 0. The summed E-state index contributed by atoms with van der Waals surface area (Å²) in [6, 6.07) is 4.30. The minimum atomic E-state index is -3.56. The van der Waals surface area contributed by atoms with Crippen LogP contribution in [0.5, 0.6) is 0 Å². The van der Waals surface area contributed by atoms with Crippen molar-refractivity contribution in [3.8, 4) is 0 Å². The largest absolute Gasteiger partial charge is 0.399 e. The second-order valence-corrected chi connectivity index (χ2v) is 6.87. The highest BCUT2D eigenvalue weighted by atomic mass is 32.2. The van der Waals surface area contributed by atoms with Crippen LogP contribution >= 0.6 is 11.3 Å². The molecule has 0 aliphatic heterocycles. The van der Waals surface area contributed by atoms with Gasteiger partial charge in [0, 0.05) is 17.3 Å². The van der Waals surface area contributed by atoms with E-state index in [0.29, 0.717) is 5.69 Å². The quantitative estimate of drug-likeness (QED) is 0.846. The normalized spacial score (nSPS) is 13.4. The van der Waals surface area contributed by atoms with Crippen LogP contribution in [0.15, 0.2) is 34.7 Å². The Hall–Kier alpha value is -1.44. The number of hydrogen-bond acceptors (Lipinski definition) is 5. The van der Waals surface area contributed by atoms with Gasteiger partial charge in [-0.1, -0.05) is 0 Å². The predicted octanol–water partition coefficient (Wildman–Crippen LogP) is 2.07. The zero-order valence-electron chi connectivity index (χ0n) is 10.6. The number of anilines is 1. The Bertz CT molecular complexity index is 666. The molecule has 1 atom stereocenters. The third kappa shape index (κ3) is 3.12. The lowest BCUT2D eigenvalue weighted by Gasteiger charge is -2.12. The lowest BCUT2D eigenvalue weighted by molar-refractivity contribution is 0.566. The van der Waals surface area contributed by atoms with Crippen molar-refractivity contribution in [1.29, 1.82) is 0 Å². The number of thiazole rings is 1. The molecule has 0 aliphatic rings. The first-order valence-electron chi connectivity index (χ1n) is 5.68. The number of nitrogens with zero attached hydrogens (tertiary/aromatic N) is 1. The van der Waals surface area contributed by atoms with Crippen molar-refractivity contribution < 1.29 is 8.42 Å². The van der Waals surface area contributed by atoms with Gasteiger partial charge in [0.25, 0.3) is 0 Å². The van der Waals surface area contributed by atoms with Gasteiger partial charge in [0.2, 0.25) is 10.0 Å². The van der Waals surface area contributed by atoms with Gasteiger partial charge in [-0.15, -0.1) is 11.3 Å². The van der Waals surface area contributed by atoms with Gasteiger partial charge in [-0.2, -0.15) is 0 Å². The number of rotatable bonds is 4. The summed E-state index contributed by atoms with van der Waals surface area (Å²) in [6.07, 6.45) is 1.65. The Balaban J connectivity index is 2.25. The van der Waals surface area contributed by atoms with Crippen molar-refractivity contribution >= 4 is 27.0 Å². The molecule has 0 bridgehead atoms. The first-order valence-corrected chi connectivity index (χ1v) is 8.04. The minimum absolute atomic E-state index is 0.211. The second kappa shape index (κ2) is 5.28. The molecule has 5 nitrogen and oxygen atoms in total. The molecule has 0 saturated carbocycles. The molecule has 1 aromatic heterocycles. The van der Waals surface area contributed by atoms with E-state index in [1.807, 2.05) is 5.38 Å². The number of aryl methyl sites for hydroxylation is 1. The van der Waals surface area contributed by atoms with Crippen molar-refractivity contribution in [1.82, 2.24) is 9.71 Å². The zero-order valence-corrected chi connectivity index (χ0v) is 12.3. The van der Waals surface area contributed by atoms with Crippen LogP contribution in [-0.4, -0.2) is 13.4 Å². The van der Waals surface area contributed by atoms with Crippen molar-refractivity contribution in [2.24, 2.45) is 0 Å². The van der Waals surface area contributed by atoms with E-state index in [9.17, 15) is 8.42 Å². The summed E-state index contributed by atoms with van der Waals surface area (Å²) in [5.41, 5.74) is 7.00. The van der Waals surface area contributed by atoms with Crippen molar-refractivity contribution in [3.63, 3.8) is 0 Å². The first kappa shape index (κ1) is 14.0. The Labute approximate surface area is 116 Å². The van der Waals surface area contributed by atoms with Crippen LogP contribution in [0.3, 0.4) is 0 Å². The average Bonchev–Trinajstić information content (AvgIpc) is 2.85. The molecule has 0 amide bonds. The molecule has 7 heteroatoms. The van der Waals surface area contributed by atoms with Crippen LogP contribution in [0.25, 0.3) is 0 Å². The predicted molar refractivity (Wildman–Crippen MR) is 76.4 cm³/mol. The summed E-state index contributed by atoms with van der Waals surface area (Å²) >= 11 is 1.41. The standard InChI is InChI=1S/C12H15N3O2S2/c1-8-7-10(3-4-11(8)13)19(16,17)15-9(2)12-14-5-6-18-12/h3-7,9,15H,13H2,1-2H3. The average molecular weight is 297 g/mol. The summed E-state index contributed by atoms with van der Waals surface area (Å²) in [6.45, 7) is 3.54. The Morgan fingerprint density at radius 3 is 2.74 bits per heavy atom. The van der Waals surface area contributed by atoms with E-state index >= 15 is 0 Å². The molecule has 19 heavy (non-hydrogen) atoms. The maximum absolute atomic E-state index is 12.2. The van der Waals surface area contributed by atoms with Gasteiger partial charge in [-0.25, -0.2) is 18.1 Å². The highest BCUT2D eigenvalue weighted by Crippen LogP contribution is 2.21. The SMILES string of the molecule is Cc1cc(S(=O)(=O)NC(C)c2nccs2)ccc1N. The fourth-order valence-electron chi connectivity index (χ4n) is 1.61. The topological polar surface area (TPSA) is 85.1 Å². The van der Waals surface area contributed by atoms with E-state index in [4.69, 9.17) is 5.73 Å². The van der Waals surface area contributed by atoms with E-state index in [1.165, 1.54) is 17.4 Å². The van der Waals surface area contributed by atoms with Gasteiger partial charge in [0.15, 0.2) is 0 Å². The minimum Gasteiger partial charge on any atom is -0.399 e. The molecule has 3 N–H and O–H groups in total. The summed E-state index contributed by atoms with van der Waals surface area (Å²) in [4.78, 5) is 4.31.